The molecule has 0 aliphatic rings. The minimum Gasteiger partial charge on any atom is -0.332 e. The monoisotopic (exact) mass is 483 g/mol. The van der Waals surface area contributed by atoms with Gasteiger partial charge in [-0.05, 0) is 65.8 Å². The standard InChI is InChI=1S/C28H22FN3O2S/c29-22-14-16-23(17-15-22)30-26(33)21-12-7-13-24(18-21)31-28(35)32-27(34)25(19-8-3-1-4-9-19)20-10-5-2-6-11-20/h1-18,25H,(H,30,33)(H2,31,32,34,35). The summed E-state index contributed by atoms with van der Waals surface area (Å²) in [5.74, 6) is -1.55. The second-order valence-corrected chi connectivity index (χ2v) is 8.15. The molecular weight excluding hydrogens is 461 g/mol. The lowest BCUT2D eigenvalue weighted by Crippen LogP contribution is -2.37. The highest BCUT2D eigenvalue weighted by atomic mass is 32.1. The predicted molar refractivity (Wildman–Crippen MR) is 140 cm³/mol. The van der Waals surface area contributed by atoms with Crippen LogP contribution in [0.2, 0.25) is 0 Å². The molecule has 0 aliphatic carbocycles. The average molecular weight is 484 g/mol. The van der Waals surface area contributed by atoms with Crippen LogP contribution in [0.3, 0.4) is 0 Å². The van der Waals surface area contributed by atoms with Crippen LogP contribution >= 0.6 is 12.2 Å². The third kappa shape index (κ3) is 6.37. The molecule has 4 aromatic rings. The van der Waals surface area contributed by atoms with Crippen molar-refractivity contribution in [1.29, 1.82) is 0 Å². The van der Waals surface area contributed by atoms with Crippen LogP contribution in [-0.2, 0) is 4.79 Å². The molecule has 35 heavy (non-hydrogen) atoms. The third-order valence-electron chi connectivity index (χ3n) is 5.25. The number of hydrogen-bond donors (Lipinski definition) is 3. The first-order chi connectivity index (χ1) is 17.0. The van der Waals surface area contributed by atoms with Crippen LogP contribution in [0.5, 0.6) is 0 Å². The summed E-state index contributed by atoms with van der Waals surface area (Å²) in [5.41, 5.74) is 3.08. The predicted octanol–water partition coefficient (Wildman–Crippen LogP) is 5.72. The number of rotatable bonds is 6. The molecule has 0 saturated carbocycles. The molecule has 0 saturated heterocycles. The van der Waals surface area contributed by atoms with Crippen LogP contribution in [0.15, 0.2) is 109 Å². The van der Waals surface area contributed by atoms with E-state index < -0.39 is 5.92 Å². The van der Waals surface area contributed by atoms with Crippen LogP contribution in [0.1, 0.15) is 27.4 Å². The van der Waals surface area contributed by atoms with Gasteiger partial charge in [0.05, 0.1) is 5.92 Å². The van der Waals surface area contributed by atoms with Crippen molar-refractivity contribution in [1.82, 2.24) is 5.32 Å². The van der Waals surface area contributed by atoms with E-state index in [4.69, 9.17) is 12.2 Å². The molecule has 4 rings (SSSR count). The number of amides is 2. The van der Waals surface area contributed by atoms with Crippen LogP contribution in [0, 0.1) is 5.82 Å². The molecule has 0 bridgehead atoms. The molecule has 2 amide bonds. The van der Waals surface area contributed by atoms with Crippen molar-refractivity contribution >= 4 is 40.5 Å². The van der Waals surface area contributed by atoms with E-state index in [9.17, 15) is 14.0 Å². The fourth-order valence-electron chi connectivity index (χ4n) is 3.61. The van der Waals surface area contributed by atoms with E-state index in [2.05, 4.69) is 16.0 Å². The Balaban J connectivity index is 1.44. The minimum atomic E-state index is -0.537. The summed E-state index contributed by atoms with van der Waals surface area (Å²) in [6, 6.07) is 31.1. The lowest BCUT2D eigenvalue weighted by molar-refractivity contribution is -0.120. The highest BCUT2D eigenvalue weighted by Crippen LogP contribution is 2.25. The summed E-state index contributed by atoms with van der Waals surface area (Å²) in [6.45, 7) is 0. The Kier molecular flexibility index (Phi) is 7.60. The fraction of sp³-hybridized carbons (Fsp3) is 0.0357. The highest BCUT2D eigenvalue weighted by Gasteiger charge is 2.23. The molecule has 3 N–H and O–H groups in total. The fourth-order valence-corrected chi connectivity index (χ4v) is 3.83. The molecular formula is C28H22FN3O2S. The van der Waals surface area contributed by atoms with E-state index >= 15 is 0 Å². The molecule has 0 aromatic heterocycles. The maximum absolute atomic E-state index is 13.2. The quantitative estimate of drug-likeness (QED) is 0.307. The molecule has 0 heterocycles. The molecule has 5 nitrogen and oxygen atoms in total. The van der Waals surface area contributed by atoms with E-state index in [1.807, 2.05) is 60.7 Å². The van der Waals surface area contributed by atoms with Gasteiger partial charge < -0.3 is 16.0 Å². The zero-order valence-electron chi connectivity index (χ0n) is 18.6. The maximum atomic E-state index is 13.2. The topological polar surface area (TPSA) is 70.2 Å². The van der Waals surface area contributed by atoms with Gasteiger partial charge in [-0.15, -0.1) is 0 Å². The highest BCUT2D eigenvalue weighted by molar-refractivity contribution is 7.80. The summed E-state index contributed by atoms with van der Waals surface area (Å²) in [5, 5.41) is 8.56. The first-order valence-corrected chi connectivity index (χ1v) is 11.3. The number of hydrogen-bond acceptors (Lipinski definition) is 3. The van der Waals surface area contributed by atoms with E-state index in [1.54, 1.807) is 24.3 Å². The SMILES string of the molecule is O=C(Nc1ccc(F)cc1)c1cccc(NC(=S)NC(=O)C(c2ccccc2)c2ccccc2)c1. The zero-order valence-corrected chi connectivity index (χ0v) is 19.4. The smallest absolute Gasteiger partial charge is 0.255 e. The molecule has 4 aromatic carbocycles. The third-order valence-corrected chi connectivity index (χ3v) is 5.45. The van der Waals surface area contributed by atoms with Gasteiger partial charge in [0.15, 0.2) is 5.11 Å². The van der Waals surface area contributed by atoms with Crippen molar-refractivity contribution in [3.8, 4) is 0 Å². The molecule has 0 unspecified atom stereocenters. The Bertz CT molecular complexity index is 1290. The molecule has 0 radical (unpaired) electrons. The van der Waals surface area contributed by atoms with E-state index in [0.29, 0.717) is 16.9 Å². The Morgan fingerprint density at radius 2 is 1.29 bits per heavy atom. The van der Waals surface area contributed by atoms with Gasteiger partial charge in [0.2, 0.25) is 5.91 Å². The Hall–Kier alpha value is -4.36. The van der Waals surface area contributed by atoms with Crippen LogP contribution < -0.4 is 16.0 Å². The lowest BCUT2D eigenvalue weighted by Gasteiger charge is -2.19. The normalized spacial score (nSPS) is 10.5. The van der Waals surface area contributed by atoms with Gasteiger partial charge >= 0.3 is 0 Å². The molecule has 174 valence electrons. The van der Waals surface area contributed by atoms with Gasteiger partial charge in [0, 0.05) is 16.9 Å². The summed E-state index contributed by atoms with van der Waals surface area (Å²) in [7, 11) is 0. The minimum absolute atomic E-state index is 0.114. The van der Waals surface area contributed by atoms with Crippen molar-refractivity contribution in [2.75, 3.05) is 10.6 Å². The van der Waals surface area contributed by atoms with Crippen LogP contribution in [-0.4, -0.2) is 16.9 Å². The number of carbonyl (C=O) groups excluding carboxylic acids is 2. The van der Waals surface area contributed by atoms with Gasteiger partial charge in [-0.25, -0.2) is 4.39 Å². The summed E-state index contributed by atoms with van der Waals surface area (Å²) in [4.78, 5) is 25.8. The van der Waals surface area contributed by atoms with Crippen molar-refractivity contribution in [2.24, 2.45) is 0 Å². The van der Waals surface area contributed by atoms with E-state index in [0.717, 1.165) is 11.1 Å². The number of anilines is 2. The summed E-state index contributed by atoms with van der Waals surface area (Å²) >= 11 is 5.38. The Labute approximate surface area is 208 Å². The van der Waals surface area contributed by atoms with Gasteiger partial charge in [-0.3, -0.25) is 9.59 Å². The number of nitrogens with one attached hydrogen (secondary N) is 3. The average Bonchev–Trinajstić information content (AvgIpc) is 2.87. The largest absolute Gasteiger partial charge is 0.332 e. The van der Waals surface area contributed by atoms with Crippen molar-refractivity contribution in [3.63, 3.8) is 0 Å². The lowest BCUT2D eigenvalue weighted by atomic mass is 9.90. The Morgan fingerprint density at radius 3 is 1.89 bits per heavy atom. The van der Waals surface area contributed by atoms with Gasteiger partial charge in [0.25, 0.3) is 5.91 Å². The number of carbonyl (C=O) groups is 2. The molecule has 0 atom stereocenters. The van der Waals surface area contributed by atoms with Gasteiger partial charge in [-0.2, -0.15) is 0 Å². The second-order valence-electron chi connectivity index (χ2n) is 7.74. The first-order valence-electron chi connectivity index (χ1n) is 10.9. The summed E-state index contributed by atoms with van der Waals surface area (Å²) in [6.07, 6.45) is 0. The number of benzene rings is 4. The zero-order chi connectivity index (χ0) is 24.6. The number of halogens is 1. The summed E-state index contributed by atoms with van der Waals surface area (Å²) < 4.78 is 13.1. The van der Waals surface area contributed by atoms with Crippen LogP contribution in [0.4, 0.5) is 15.8 Å². The molecule has 7 heteroatoms. The van der Waals surface area contributed by atoms with Crippen molar-refractivity contribution in [3.05, 3.63) is 132 Å². The van der Waals surface area contributed by atoms with E-state index in [1.165, 1.54) is 24.3 Å². The van der Waals surface area contributed by atoms with Gasteiger partial charge in [0.1, 0.15) is 5.82 Å². The Morgan fingerprint density at radius 1 is 0.686 bits per heavy atom. The number of thiocarbonyl (C=S) groups is 1. The van der Waals surface area contributed by atoms with E-state index in [-0.39, 0.29) is 22.7 Å². The second kappa shape index (κ2) is 11.2. The van der Waals surface area contributed by atoms with Crippen molar-refractivity contribution < 1.29 is 14.0 Å². The van der Waals surface area contributed by atoms with Crippen molar-refractivity contribution in [2.45, 2.75) is 5.92 Å². The molecule has 0 fully saturated rings. The molecule has 0 spiro atoms. The van der Waals surface area contributed by atoms with Crippen LogP contribution in [0.25, 0.3) is 0 Å². The van der Waals surface area contributed by atoms with Gasteiger partial charge in [-0.1, -0.05) is 66.7 Å². The molecule has 0 aliphatic heterocycles. The maximum Gasteiger partial charge on any atom is 0.255 e. The first kappa shape index (κ1) is 23.8.